The van der Waals surface area contributed by atoms with E-state index >= 15 is 0 Å². The van der Waals surface area contributed by atoms with Crippen LogP contribution in [0.5, 0.6) is 0 Å². The van der Waals surface area contributed by atoms with E-state index in [0.717, 1.165) is 24.3 Å². The van der Waals surface area contributed by atoms with Gasteiger partial charge in [0.2, 0.25) is 0 Å². The SMILES string of the molecule is CCOC(=O)c1ccc(NS(=O)(=O)c2ccc([N+](=O)[O-])cc2)cc1. The lowest BCUT2D eigenvalue weighted by Crippen LogP contribution is -2.13. The van der Waals surface area contributed by atoms with Gasteiger partial charge in [0.05, 0.1) is 22.0 Å². The highest BCUT2D eigenvalue weighted by Gasteiger charge is 2.16. The van der Waals surface area contributed by atoms with E-state index < -0.39 is 20.9 Å². The number of carbonyl (C=O) groups is 1. The monoisotopic (exact) mass is 350 g/mol. The first-order valence-electron chi connectivity index (χ1n) is 6.88. The fourth-order valence-corrected chi connectivity index (χ4v) is 2.91. The summed E-state index contributed by atoms with van der Waals surface area (Å²) < 4.78 is 31.6. The molecule has 0 aliphatic heterocycles. The van der Waals surface area contributed by atoms with Crippen molar-refractivity contribution in [2.24, 2.45) is 0 Å². The van der Waals surface area contributed by atoms with Crippen LogP contribution in [0.3, 0.4) is 0 Å². The van der Waals surface area contributed by atoms with Crippen molar-refractivity contribution in [3.05, 3.63) is 64.2 Å². The van der Waals surface area contributed by atoms with Crippen molar-refractivity contribution in [2.75, 3.05) is 11.3 Å². The Morgan fingerprint density at radius 3 is 2.21 bits per heavy atom. The van der Waals surface area contributed by atoms with Crippen LogP contribution in [0.25, 0.3) is 0 Å². The van der Waals surface area contributed by atoms with E-state index in [1.807, 2.05) is 0 Å². The molecule has 0 bridgehead atoms. The summed E-state index contributed by atoms with van der Waals surface area (Å²) in [7, 11) is -3.89. The third-order valence-corrected chi connectivity index (χ3v) is 4.40. The highest BCUT2D eigenvalue weighted by molar-refractivity contribution is 7.92. The molecule has 0 heterocycles. The number of hydrogen-bond donors (Lipinski definition) is 1. The first-order valence-corrected chi connectivity index (χ1v) is 8.36. The molecule has 24 heavy (non-hydrogen) atoms. The molecule has 2 rings (SSSR count). The Hall–Kier alpha value is -2.94. The van der Waals surface area contributed by atoms with Gasteiger partial charge in [-0.25, -0.2) is 13.2 Å². The van der Waals surface area contributed by atoms with E-state index in [0.29, 0.717) is 5.56 Å². The Kier molecular flexibility index (Phi) is 5.14. The second-order valence-corrected chi connectivity index (χ2v) is 6.34. The second kappa shape index (κ2) is 7.09. The number of nitrogens with one attached hydrogen (secondary N) is 1. The zero-order chi connectivity index (χ0) is 17.7. The van der Waals surface area contributed by atoms with Gasteiger partial charge in [-0.15, -0.1) is 0 Å². The summed E-state index contributed by atoms with van der Waals surface area (Å²) >= 11 is 0. The third-order valence-electron chi connectivity index (χ3n) is 3.01. The highest BCUT2D eigenvalue weighted by atomic mass is 32.2. The lowest BCUT2D eigenvalue weighted by molar-refractivity contribution is -0.384. The topological polar surface area (TPSA) is 116 Å². The molecule has 0 aromatic heterocycles. The molecule has 8 nitrogen and oxygen atoms in total. The van der Waals surface area contributed by atoms with Gasteiger partial charge in [0.25, 0.3) is 15.7 Å². The smallest absolute Gasteiger partial charge is 0.338 e. The van der Waals surface area contributed by atoms with Gasteiger partial charge in [-0.05, 0) is 43.3 Å². The van der Waals surface area contributed by atoms with Crippen LogP contribution in [0.2, 0.25) is 0 Å². The van der Waals surface area contributed by atoms with Crippen LogP contribution >= 0.6 is 0 Å². The standard InChI is InChI=1S/C15H14N2O6S/c1-2-23-15(18)11-3-5-12(6-4-11)16-24(21,22)14-9-7-13(8-10-14)17(19)20/h3-10,16H,2H2,1H3. The number of sulfonamides is 1. The number of esters is 1. The molecule has 1 N–H and O–H groups in total. The summed E-state index contributed by atoms with van der Waals surface area (Å²) in [6.07, 6.45) is 0. The van der Waals surface area contributed by atoms with Crippen LogP contribution in [0.15, 0.2) is 53.4 Å². The number of anilines is 1. The first kappa shape index (κ1) is 17.4. The maximum atomic E-state index is 12.2. The molecule has 126 valence electrons. The number of hydrogen-bond acceptors (Lipinski definition) is 6. The first-order chi connectivity index (χ1) is 11.3. The number of rotatable bonds is 6. The quantitative estimate of drug-likeness (QED) is 0.486. The Morgan fingerprint density at radius 1 is 1.12 bits per heavy atom. The number of carbonyl (C=O) groups excluding carboxylic acids is 1. The van der Waals surface area contributed by atoms with Crippen molar-refractivity contribution in [1.82, 2.24) is 0 Å². The predicted octanol–water partition coefficient (Wildman–Crippen LogP) is 2.57. The van der Waals surface area contributed by atoms with Gasteiger partial charge in [-0.2, -0.15) is 0 Å². The predicted molar refractivity (Wildman–Crippen MR) is 86.3 cm³/mol. The molecule has 0 amide bonds. The van der Waals surface area contributed by atoms with Crippen LogP contribution < -0.4 is 4.72 Å². The molecule has 0 aliphatic rings. The average Bonchev–Trinajstić information content (AvgIpc) is 2.55. The van der Waals surface area contributed by atoms with E-state index in [1.165, 1.54) is 24.3 Å². The summed E-state index contributed by atoms with van der Waals surface area (Å²) in [5.74, 6) is -0.498. The van der Waals surface area contributed by atoms with Gasteiger partial charge in [0.1, 0.15) is 0 Å². The van der Waals surface area contributed by atoms with Crippen molar-refractivity contribution in [2.45, 2.75) is 11.8 Å². The lowest BCUT2D eigenvalue weighted by atomic mass is 10.2. The van der Waals surface area contributed by atoms with Crippen molar-refractivity contribution in [1.29, 1.82) is 0 Å². The van der Waals surface area contributed by atoms with Crippen LogP contribution in [0.4, 0.5) is 11.4 Å². The van der Waals surface area contributed by atoms with Crippen LogP contribution in [-0.2, 0) is 14.8 Å². The van der Waals surface area contributed by atoms with Crippen molar-refractivity contribution in [3.8, 4) is 0 Å². The van der Waals surface area contributed by atoms with Gasteiger partial charge in [0.15, 0.2) is 0 Å². The fourth-order valence-electron chi connectivity index (χ4n) is 1.85. The molecule has 0 spiro atoms. The zero-order valence-electron chi connectivity index (χ0n) is 12.6. The minimum absolute atomic E-state index is 0.109. The van der Waals surface area contributed by atoms with Crippen molar-refractivity contribution in [3.63, 3.8) is 0 Å². The number of benzene rings is 2. The van der Waals surface area contributed by atoms with Crippen LogP contribution in [0.1, 0.15) is 17.3 Å². The molecule has 0 atom stereocenters. The maximum Gasteiger partial charge on any atom is 0.338 e. The Balaban J connectivity index is 2.16. The largest absolute Gasteiger partial charge is 0.462 e. The van der Waals surface area contributed by atoms with Crippen LogP contribution in [-0.4, -0.2) is 25.9 Å². The van der Waals surface area contributed by atoms with Crippen molar-refractivity contribution < 1.29 is 22.9 Å². The Bertz CT molecular complexity index is 845. The maximum absolute atomic E-state index is 12.2. The van der Waals surface area contributed by atoms with E-state index in [1.54, 1.807) is 6.92 Å². The van der Waals surface area contributed by atoms with E-state index in [-0.39, 0.29) is 22.9 Å². The van der Waals surface area contributed by atoms with E-state index in [9.17, 15) is 23.3 Å². The third kappa shape index (κ3) is 4.07. The average molecular weight is 350 g/mol. The van der Waals surface area contributed by atoms with Gasteiger partial charge in [-0.3, -0.25) is 14.8 Å². The summed E-state index contributed by atoms with van der Waals surface area (Å²) in [4.78, 5) is 21.4. The zero-order valence-corrected chi connectivity index (χ0v) is 13.4. The minimum Gasteiger partial charge on any atom is -0.462 e. The number of nitrogens with zero attached hydrogens (tertiary/aromatic N) is 1. The van der Waals surface area contributed by atoms with Gasteiger partial charge in [-0.1, -0.05) is 0 Å². The normalized spacial score (nSPS) is 10.9. The van der Waals surface area contributed by atoms with E-state index in [4.69, 9.17) is 4.74 Å². The van der Waals surface area contributed by atoms with Crippen LogP contribution in [0, 0.1) is 10.1 Å². The summed E-state index contributed by atoms with van der Waals surface area (Å²) in [5, 5.41) is 10.6. The van der Waals surface area contributed by atoms with E-state index in [2.05, 4.69) is 4.72 Å². The molecule has 0 saturated carbocycles. The molecule has 0 unspecified atom stereocenters. The van der Waals surface area contributed by atoms with Gasteiger partial charge < -0.3 is 4.74 Å². The molecule has 0 aliphatic carbocycles. The highest BCUT2D eigenvalue weighted by Crippen LogP contribution is 2.19. The molecule has 9 heteroatoms. The summed E-state index contributed by atoms with van der Waals surface area (Å²) in [6.45, 7) is 1.93. The molecular formula is C15H14N2O6S. The summed E-state index contributed by atoms with van der Waals surface area (Å²) in [6, 6.07) is 10.2. The number of ether oxygens (including phenoxy) is 1. The molecule has 2 aromatic carbocycles. The summed E-state index contributed by atoms with van der Waals surface area (Å²) in [5.41, 5.74) is 0.351. The minimum atomic E-state index is -3.89. The number of non-ortho nitro benzene ring substituents is 1. The number of nitro benzene ring substituents is 1. The number of nitro groups is 1. The fraction of sp³-hybridized carbons (Fsp3) is 0.133. The molecular weight excluding hydrogens is 336 g/mol. The Morgan fingerprint density at radius 2 is 1.71 bits per heavy atom. The molecule has 0 radical (unpaired) electrons. The van der Waals surface area contributed by atoms with Gasteiger partial charge >= 0.3 is 5.97 Å². The molecule has 0 fully saturated rings. The Labute approximate surface area is 138 Å². The van der Waals surface area contributed by atoms with Gasteiger partial charge in [0, 0.05) is 17.8 Å². The lowest BCUT2D eigenvalue weighted by Gasteiger charge is -2.08. The second-order valence-electron chi connectivity index (χ2n) is 4.65. The van der Waals surface area contributed by atoms with Crippen molar-refractivity contribution >= 4 is 27.4 Å². The molecule has 0 saturated heterocycles. The molecule has 2 aromatic rings.